The summed E-state index contributed by atoms with van der Waals surface area (Å²) in [6.07, 6.45) is 0.133. The molecule has 10 nitrogen and oxygen atoms in total. The maximum absolute atomic E-state index is 13.3. The molecule has 1 aromatic rings. The van der Waals surface area contributed by atoms with Crippen LogP contribution in [-0.2, 0) is 18.9 Å². The third-order valence-corrected chi connectivity index (χ3v) is 12.7. The number of ether oxygens (including phenoxy) is 4. The number of rotatable bonds is 7. The molecule has 7 bridgehead atoms. The van der Waals surface area contributed by atoms with Gasteiger partial charge in [-0.1, -0.05) is 19.1 Å². The molecular weight excluding hydrogens is 528 g/mol. The SMILES string of the molecule is CCN1C[C@]2(COC(=O)c3ccccc3N)CCC(OC)[C@@]34[C@@H]5C[C@H]6[C@H](O)[C@@H]5[C@](O)(C[C@@H]6OC)[C@](O)([C@@H](OC)[C@H]23)[C@@H]14. The number of methoxy groups -OCH3 is 3. The molecule has 1 heterocycles. The maximum Gasteiger partial charge on any atom is 0.340 e. The summed E-state index contributed by atoms with van der Waals surface area (Å²) in [4.78, 5) is 15.6. The van der Waals surface area contributed by atoms with E-state index >= 15 is 0 Å². The van der Waals surface area contributed by atoms with Crippen molar-refractivity contribution in [1.29, 1.82) is 0 Å². The summed E-state index contributed by atoms with van der Waals surface area (Å²) in [5, 5.41) is 37.7. The number of likely N-dealkylation sites (tertiary alicyclic amines) is 1. The Hall–Kier alpha value is -1.79. The Bertz CT molecular complexity index is 1230. The minimum Gasteiger partial charge on any atom is -0.461 e. The number of benzene rings is 1. The lowest BCUT2D eigenvalue weighted by Gasteiger charge is -2.70. The summed E-state index contributed by atoms with van der Waals surface area (Å²) < 4.78 is 24.6. The standard InChI is InChI=1S/C31H44N2O8/c1-5-33-14-28(15-41-26(35)16-8-6-7-9-19(16)32)11-10-21(39-3)30-18-12-17-20(38-2)13-29(36,22(18)23(17)34)31(37,27(30)33)25(40-4)24(28)30/h6-9,17-18,20-25,27,34,36-37H,5,10-15,32H2,1-4H3/t17-,18-,20+,21?,22-,23+,24-,25+,27+,28+,29-,30+,31+/m1/s1. The van der Waals surface area contributed by atoms with Crippen molar-refractivity contribution < 1.29 is 39.1 Å². The van der Waals surface area contributed by atoms with Crippen molar-refractivity contribution in [3.8, 4) is 0 Å². The van der Waals surface area contributed by atoms with E-state index in [1.54, 1.807) is 45.6 Å². The zero-order valence-electron chi connectivity index (χ0n) is 24.4. The molecule has 5 aliphatic carbocycles. The van der Waals surface area contributed by atoms with Gasteiger partial charge in [0, 0.05) is 68.6 Å². The van der Waals surface area contributed by atoms with Crippen molar-refractivity contribution >= 4 is 11.7 Å². The smallest absolute Gasteiger partial charge is 0.340 e. The van der Waals surface area contributed by atoms with E-state index in [2.05, 4.69) is 11.8 Å². The second kappa shape index (κ2) is 9.11. The highest BCUT2D eigenvalue weighted by Gasteiger charge is 2.91. The van der Waals surface area contributed by atoms with Crippen LogP contribution in [0.2, 0.25) is 0 Å². The topological polar surface area (TPSA) is 144 Å². The molecule has 5 saturated carbocycles. The number of aliphatic hydroxyl groups is 3. The van der Waals surface area contributed by atoms with Crippen LogP contribution in [0.25, 0.3) is 0 Å². The van der Waals surface area contributed by atoms with Gasteiger partial charge >= 0.3 is 5.97 Å². The first-order valence-corrected chi connectivity index (χ1v) is 15.1. The fourth-order valence-electron chi connectivity index (χ4n) is 11.7. The monoisotopic (exact) mass is 572 g/mol. The number of likely N-dealkylation sites (N-methyl/N-ethyl adjacent to an activating group) is 1. The largest absolute Gasteiger partial charge is 0.461 e. The van der Waals surface area contributed by atoms with Crippen LogP contribution in [0.15, 0.2) is 24.3 Å². The van der Waals surface area contributed by atoms with Crippen LogP contribution in [0, 0.1) is 34.5 Å². The lowest BCUT2D eigenvalue weighted by atomic mass is 9.42. The second-order valence-electron chi connectivity index (χ2n) is 13.6. The van der Waals surface area contributed by atoms with E-state index in [1.807, 2.05) is 0 Å². The van der Waals surface area contributed by atoms with Crippen molar-refractivity contribution in [1.82, 2.24) is 4.90 Å². The molecule has 41 heavy (non-hydrogen) atoms. The molecule has 5 N–H and O–H groups in total. The summed E-state index contributed by atoms with van der Waals surface area (Å²) >= 11 is 0. The minimum absolute atomic E-state index is 0.130. The number of para-hydroxylation sites is 1. The molecule has 226 valence electrons. The summed E-state index contributed by atoms with van der Waals surface area (Å²) in [6, 6.07) is 6.44. The second-order valence-corrected chi connectivity index (χ2v) is 13.6. The number of hydrogen-bond donors (Lipinski definition) is 4. The summed E-state index contributed by atoms with van der Waals surface area (Å²) in [7, 11) is 4.94. The summed E-state index contributed by atoms with van der Waals surface area (Å²) in [6.45, 7) is 3.41. The van der Waals surface area contributed by atoms with Crippen LogP contribution in [0.5, 0.6) is 0 Å². The van der Waals surface area contributed by atoms with Crippen LogP contribution in [0.4, 0.5) is 5.69 Å². The first-order valence-electron chi connectivity index (χ1n) is 15.1. The van der Waals surface area contributed by atoms with Gasteiger partial charge < -0.3 is 40.0 Å². The van der Waals surface area contributed by atoms with Gasteiger partial charge in [0.1, 0.15) is 11.2 Å². The number of carbonyl (C=O) groups is 1. The number of hydrogen-bond acceptors (Lipinski definition) is 10. The highest BCUT2D eigenvalue weighted by Crippen LogP contribution is 2.80. The number of nitrogen functional groups attached to an aromatic ring is 1. The first-order chi connectivity index (χ1) is 19.6. The molecule has 0 radical (unpaired) electrons. The van der Waals surface area contributed by atoms with Gasteiger partial charge in [0.25, 0.3) is 0 Å². The Labute approximate surface area is 241 Å². The Morgan fingerprint density at radius 1 is 1.15 bits per heavy atom. The molecule has 1 aromatic carbocycles. The molecule has 0 aromatic heterocycles. The quantitative estimate of drug-likeness (QED) is 0.277. The number of fused-ring (bicyclic) bond motifs is 2. The Balaban J connectivity index is 1.40. The Morgan fingerprint density at radius 3 is 2.56 bits per heavy atom. The zero-order valence-corrected chi connectivity index (χ0v) is 24.4. The van der Waals surface area contributed by atoms with E-state index in [0.29, 0.717) is 43.6 Å². The van der Waals surface area contributed by atoms with Crippen LogP contribution in [-0.4, -0.2) is 109 Å². The fraction of sp³-hybridized carbons (Fsp3) is 0.774. The van der Waals surface area contributed by atoms with Crippen LogP contribution in [0.3, 0.4) is 0 Å². The molecule has 6 aliphatic rings. The number of nitrogens with two attached hydrogens (primary N) is 1. The van der Waals surface area contributed by atoms with E-state index < -0.39 is 52.2 Å². The highest BCUT2D eigenvalue weighted by atomic mass is 16.5. The highest BCUT2D eigenvalue weighted by molar-refractivity contribution is 5.95. The van der Waals surface area contributed by atoms with Gasteiger partial charge in [-0.15, -0.1) is 0 Å². The molecule has 7 rings (SSSR count). The van der Waals surface area contributed by atoms with Gasteiger partial charge in [0.05, 0.1) is 42.6 Å². The van der Waals surface area contributed by atoms with Gasteiger partial charge in [0.2, 0.25) is 0 Å². The molecule has 10 heteroatoms. The van der Waals surface area contributed by atoms with E-state index in [-0.39, 0.29) is 43.0 Å². The van der Waals surface area contributed by atoms with E-state index in [4.69, 9.17) is 24.7 Å². The number of nitrogens with zero attached hydrogens (tertiary/aromatic N) is 1. The van der Waals surface area contributed by atoms with Gasteiger partial charge in [0.15, 0.2) is 0 Å². The number of esters is 1. The average molecular weight is 573 g/mol. The first kappa shape index (κ1) is 28.0. The molecule has 13 atom stereocenters. The summed E-state index contributed by atoms with van der Waals surface area (Å²) in [5.41, 5.74) is 2.26. The van der Waals surface area contributed by atoms with Crippen molar-refractivity contribution in [3.05, 3.63) is 29.8 Å². The normalized spacial score (nSPS) is 51.0. The van der Waals surface area contributed by atoms with Gasteiger partial charge in [-0.25, -0.2) is 4.79 Å². The third kappa shape index (κ3) is 3.05. The predicted molar refractivity (Wildman–Crippen MR) is 148 cm³/mol. The van der Waals surface area contributed by atoms with E-state index in [9.17, 15) is 20.1 Å². The zero-order chi connectivity index (χ0) is 29.1. The molecule has 1 saturated heterocycles. The number of anilines is 1. The third-order valence-electron chi connectivity index (χ3n) is 12.7. The molecule has 6 fully saturated rings. The van der Waals surface area contributed by atoms with Crippen molar-refractivity contribution in [3.63, 3.8) is 0 Å². The van der Waals surface area contributed by atoms with Crippen LogP contribution >= 0.6 is 0 Å². The number of aliphatic hydroxyl groups excluding tert-OH is 1. The van der Waals surface area contributed by atoms with Crippen molar-refractivity contribution in [2.45, 2.75) is 74.3 Å². The van der Waals surface area contributed by atoms with Crippen molar-refractivity contribution in [2.24, 2.45) is 34.5 Å². The van der Waals surface area contributed by atoms with Gasteiger partial charge in [-0.2, -0.15) is 0 Å². The lowest BCUT2D eigenvalue weighted by molar-refractivity contribution is -0.318. The average Bonchev–Trinajstić information content (AvgIpc) is 3.33. The summed E-state index contributed by atoms with van der Waals surface area (Å²) in [5.74, 6) is -1.57. The minimum atomic E-state index is -1.70. The molecule has 1 unspecified atom stereocenters. The Kier molecular flexibility index (Phi) is 6.22. The number of carbonyl (C=O) groups excluding carboxylic acids is 1. The molecule has 1 aliphatic heterocycles. The predicted octanol–water partition coefficient (Wildman–Crippen LogP) is 1.06. The Morgan fingerprint density at radius 2 is 1.90 bits per heavy atom. The maximum atomic E-state index is 13.3. The molecule has 1 spiro atoms. The van der Waals surface area contributed by atoms with Crippen molar-refractivity contribution in [2.75, 3.05) is 46.8 Å². The van der Waals surface area contributed by atoms with Crippen LogP contribution in [0.1, 0.15) is 43.0 Å². The van der Waals surface area contributed by atoms with Gasteiger partial charge in [-0.3, -0.25) is 4.90 Å². The van der Waals surface area contributed by atoms with E-state index in [0.717, 1.165) is 0 Å². The lowest BCUT2D eigenvalue weighted by Crippen LogP contribution is -2.82. The number of piperidine rings is 1. The van der Waals surface area contributed by atoms with E-state index in [1.165, 1.54) is 0 Å². The fourth-order valence-corrected chi connectivity index (χ4v) is 11.7. The van der Waals surface area contributed by atoms with Crippen LogP contribution < -0.4 is 5.73 Å². The van der Waals surface area contributed by atoms with Gasteiger partial charge in [-0.05, 0) is 43.9 Å². The molecular formula is C31H44N2O8. The molecule has 0 amide bonds.